The first-order valence-corrected chi connectivity index (χ1v) is 19.7. The fourth-order valence-electron chi connectivity index (χ4n) is 5.48. The third-order valence-corrected chi connectivity index (χ3v) is 8.71. The summed E-state index contributed by atoms with van der Waals surface area (Å²) in [5, 5.41) is 29.0. The molecular formula is C41H64N4O12. The number of carbonyl (C=O) groups excluding carboxylic acids is 3. The van der Waals surface area contributed by atoms with Gasteiger partial charge in [0.05, 0.1) is 26.9 Å². The zero-order valence-electron chi connectivity index (χ0n) is 34.2. The van der Waals surface area contributed by atoms with Crippen LogP contribution in [0.2, 0.25) is 0 Å². The van der Waals surface area contributed by atoms with Gasteiger partial charge < -0.3 is 64.2 Å². The minimum atomic E-state index is -0.686. The van der Waals surface area contributed by atoms with Crippen molar-refractivity contribution < 1.29 is 57.8 Å². The highest BCUT2D eigenvalue weighted by Crippen LogP contribution is 2.22. The maximum Gasteiger partial charge on any atom is 0.317 e. The molecule has 2 saturated heterocycles. The number of ether oxygens (including phenoxy) is 7. The number of carbonyl (C=O) groups is 3. The monoisotopic (exact) mass is 804 g/mol. The molecule has 4 rings (SSSR count). The van der Waals surface area contributed by atoms with Gasteiger partial charge in [0.1, 0.15) is 49.6 Å². The van der Waals surface area contributed by atoms with Gasteiger partial charge in [0.25, 0.3) is 0 Å². The average Bonchev–Trinajstić information content (AvgIpc) is 3.57. The SMILES string of the molecule is CC1(C)OC[C@@H](COC(=O)CCc2ccc(OC[C@@H](O)CNCCNC(=O)N3CCOCC3)cc2)O1.COC(=O)CCc1ccc(OCC(O)CNC(C)C)cc1. The molecule has 1 unspecified atom stereocenters. The highest BCUT2D eigenvalue weighted by Gasteiger charge is 2.33. The van der Waals surface area contributed by atoms with E-state index in [2.05, 4.69) is 20.7 Å². The molecule has 0 bridgehead atoms. The Morgan fingerprint density at radius 2 is 1.40 bits per heavy atom. The number of aliphatic hydroxyl groups excluding tert-OH is 2. The Morgan fingerprint density at radius 3 is 1.93 bits per heavy atom. The van der Waals surface area contributed by atoms with Gasteiger partial charge >= 0.3 is 18.0 Å². The zero-order chi connectivity index (χ0) is 41.5. The normalized spacial score (nSPS) is 17.2. The Kier molecular flexibility index (Phi) is 21.7. The van der Waals surface area contributed by atoms with Crippen LogP contribution in [0.4, 0.5) is 4.79 Å². The number of aliphatic hydroxyl groups is 2. The fourth-order valence-corrected chi connectivity index (χ4v) is 5.48. The van der Waals surface area contributed by atoms with Crippen LogP contribution in [0.1, 0.15) is 51.7 Å². The minimum absolute atomic E-state index is 0.0952. The number of methoxy groups -OCH3 is 1. The van der Waals surface area contributed by atoms with Crippen molar-refractivity contribution in [3.8, 4) is 11.5 Å². The van der Waals surface area contributed by atoms with E-state index in [0.29, 0.717) is 95.9 Å². The lowest BCUT2D eigenvalue weighted by Gasteiger charge is -2.27. The fraction of sp³-hybridized carbons (Fsp3) is 0.634. The largest absolute Gasteiger partial charge is 0.491 e. The Labute approximate surface area is 336 Å². The highest BCUT2D eigenvalue weighted by atomic mass is 16.7. The molecule has 3 atom stereocenters. The van der Waals surface area contributed by atoms with Crippen molar-refractivity contribution in [3.05, 3.63) is 59.7 Å². The van der Waals surface area contributed by atoms with E-state index in [1.165, 1.54) is 7.11 Å². The molecule has 2 amide bonds. The summed E-state index contributed by atoms with van der Waals surface area (Å²) >= 11 is 0. The van der Waals surface area contributed by atoms with Crippen LogP contribution >= 0.6 is 0 Å². The number of esters is 2. The summed E-state index contributed by atoms with van der Waals surface area (Å²) in [6.07, 6.45) is 0.396. The molecule has 57 heavy (non-hydrogen) atoms. The topological polar surface area (TPSA) is 196 Å². The second-order valence-electron chi connectivity index (χ2n) is 14.5. The summed E-state index contributed by atoms with van der Waals surface area (Å²) in [5.74, 6) is 0.228. The van der Waals surface area contributed by atoms with E-state index in [-0.39, 0.29) is 50.3 Å². The number of hydrogen-bond acceptors (Lipinski definition) is 14. The third kappa shape index (κ3) is 20.8. The molecule has 2 aromatic rings. The molecule has 2 aliphatic rings. The highest BCUT2D eigenvalue weighted by molar-refractivity contribution is 5.74. The molecule has 0 radical (unpaired) electrons. The summed E-state index contributed by atoms with van der Waals surface area (Å²) in [5.41, 5.74) is 2.04. The maximum atomic E-state index is 12.0. The molecular weight excluding hydrogens is 740 g/mol. The number of nitrogens with one attached hydrogen (secondary N) is 3. The number of amides is 2. The first-order valence-electron chi connectivity index (χ1n) is 19.7. The smallest absolute Gasteiger partial charge is 0.317 e. The van der Waals surface area contributed by atoms with Crippen LogP contribution in [0.3, 0.4) is 0 Å². The first-order chi connectivity index (χ1) is 27.3. The number of urea groups is 1. The molecule has 16 heteroatoms. The van der Waals surface area contributed by atoms with Gasteiger partial charge in [-0.1, -0.05) is 38.1 Å². The lowest BCUT2D eigenvalue weighted by Crippen LogP contribution is -2.47. The van der Waals surface area contributed by atoms with E-state index >= 15 is 0 Å². The van der Waals surface area contributed by atoms with Gasteiger partial charge in [-0.05, 0) is 62.1 Å². The Hall–Kier alpha value is -4.03. The average molecular weight is 805 g/mol. The van der Waals surface area contributed by atoms with Crippen molar-refractivity contribution in [1.29, 1.82) is 0 Å². The predicted molar refractivity (Wildman–Crippen MR) is 212 cm³/mol. The van der Waals surface area contributed by atoms with E-state index < -0.39 is 18.0 Å². The lowest BCUT2D eigenvalue weighted by molar-refractivity contribution is -0.158. The number of nitrogens with zero attached hydrogens (tertiary/aromatic N) is 1. The Bertz CT molecular complexity index is 1440. The lowest BCUT2D eigenvalue weighted by atomic mass is 10.1. The van der Waals surface area contributed by atoms with Crippen LogP contribution in [0, 0.1) is 0 Å². The van der Waals surface area contributed by atoms with Crippen molar-refractivity contribution in [3.63, 3.8) is 0 Å². The summed E-state index contributed by atoms with van der Waals surface area (Å²) in [6.45, 7) is 12.9. The molecule has 0 aliphatic carbocycles. The molecule has 5 N–H and O–H groups in total. The first kappa shape index (κ1) is 47.3. The molecule has 0 saturated carbocycles. The Morgan fingerprint density at radius 1 is 0.842 bits per heavy atom. The van der Waals surface area contributed by atoms with Crippen LogP contribution in [-0.2, 0) is 46.1 Å². The molecule has 16 nitrogen and oxygen atoms in total. The molecule has 320 valence electrons. The predicted octanol–water partition coefficient (Wildman–Crippen LogP) is 2.21. The van der Waals surface area contributed by atoms with Crippen molar-refractivity contribution in [2.24, 2.45) is 0 Å². The minimum Gasteiger partial charge on any atom is -0.491 e. The molecule has 2 aromatic carbocycles. The van der Waals surface area contributed by atoms with Gasteiger partial charge in [0.2, 0.25) is 0 Å². The van der Waals surface area contributed by atoms with Gasteiger partial charge in [-0.25, -0.2) is 4.79 Å². The van der Waals surface area contributed by atoms with Gasteiger partial charge in [0, 0.05) is 58.2 Å². The van der Waals surface area contributed by atoms with Gasteiger partial charge in [-0.2, -0.15) is 0 Å². The number of aryl methyl sites for hydroxylation is 2. The van der Waals surface area contributed by atoms with Gasteiger partial charge in [-0.3, -0.25) is 9.59 Å². The van der Waals surface area contributed by atoms with Crippen LogP contribution in [0.5, 0.6) is 11.5 Å². The third-order valence-electron chi connectivity index (χ3n) is 8.71. The molecule has 0 spiro atoms. The van der Waals surface area contributed by atoms with Gasteiger partial charge in [-0.15, -0.1) is 0 Å². The molecule has 2 fully saturated rings. The van der Waals surface area contributed by atoms with E-state index in [9.17, 15) is 24.6 Å². The number of rotatable bonds is 22. The summed E-state index contributed by atoms with van der Waals surface area (Å²) in [6, 6.07) is 15.2. The van der Waals surface area contributed by atoms with Crippen molar-refractivity contribution >= 4 is 18.0 Å². The Balaban J connectivity index is 0.000000353. The number of morpholine rings is 1. The summed E-state index contributed by atoms with van der Waals surface area (Å²) in [7, 11) is 1.39. The van der Waals surface area contributed by atoms with Gasteiger partial charge in [0.15, 0.2) is 5.79 Å². The molecule has 2 aliphatic heterocycles. The molecule has 0 aromatic heterocycles. The van der Waals surface area contributed by atoms with Crippen molar-refractivity contribution in [2.75, 3.05) is 86.0 Å². The second-order valence-corrected chi connectivity index (χ2v) is 14.5. The number of hydrogen-bond donors (Lipinski definition) is 5. The standard InChI is InChI=1S/C25H39N3O8.C16H25NO4/c1-25(2)35-18-22(36-25)17-34-23(30)8-5-19-3-6-21(7-4-19)33-16-20(29)15-26-9-10-27-24(31)28-11-13-32-14-12-28;1-12(2)17-10-14(18)11-21-15-7-4-13(5-8-15)6-9-16(19)20-3/h3-4,6-7,20,22,26,29H,5,8-18H2,1-2H3,(H,27,31);4-5,7-8,12,14,17-18H,6,9-11H2,1-3H3/t20-,22+;/m0./s1. The quantitative estimate of drug-likeness (QED) is 0.0859. The van der Waals surface area contributed by atoms with E-state index in [1.54, 1.807) is 4.90 Å². The second kappa shape index (κ2) is 26.1. The summed E-state index contributed by atoms with van der Waals surface area (Å²) in [4.78, 5) is 36.8. The van der Waals surface area contributed by atoms with Crippen LogP contribution in [0.25, 0.3) is 0 Å². The van der Waals surface area contributed by atoms with Crippen LogP contribution in [-0.4, -0.2) is 149 Å². The van der Waals surface area contributed by atoms with Crippen LogP contribution in [0.15, 0.2) is 48.5 Å². The number of benzene rings is 2. The maximum absolute atomic E-state index is 12.0. The summed E-state index contributed by atoms with van der Waals surface area (Å²) < 4.78 is 37.4. The zero-order valence-corrected chi connectivity index (χ0v) is 34.2. The van der Waals surface area contributed by atoms with Crippen molar-refractivity contribution in [2.45, 2.75) is 83.5 Å². The molecule has 2 heterocycles. The van der Waals surface area contributed by atoms with E-state index in [0.717, 1.165) is 11.1 Å². The van der Waals surface area contributed by atoms with Crippen molar-refractivity contribution in [1.82, 2.24) is 20.9 Å². The van der Waals surface area contributed by atoms with Crippen LogP contribution < -0.4 is 25.4 Å². The van der Waals surface area contributed by atoms with E-state index in [1.807, 2.05) is 76.2 Å². The van der Waals surface area contributed by atoms with E-state index in [4.69, 9.17) is 28.4 Å².